The van der Waals surface area contributed by atoms with Crippen molar-refractivity contribution >= 4 is 56.3 Å². The van der Waals surface area contributed by atoms with Gasteiger partial charge in [-0.25, -0.2) is 8.42 Å². The molecule has 1 aliphatic heterocycles. The lowest BCUT2D eigenvalue weighted by molar-refractivity contribution is 0.461. The Labute approximate surface area is 145 Å². The molecule has 8 heteroatoms. The minimum Gasteiger partial charge on any atom is -0.748 e. The van der Waals surface area contributed by atoms with E-state index in [-0.39, 0.29) is 12.2 Å². The van der Waals surface area contributed by atoms with Crippen LogP contribution in [0.1, 0.15) is 19.8 Å². The fourth-order valence-corrected chi connectivity index (χ4v) is 4.02. The second-order valence-electron chi connectivity index (χ2n) is 4.78. The van der Waals surface area contributed by atoms with Crippen LogP contribution in [-0.2, 0) is 10.1 Å². The van der Waals surface area contributed by atoms with Gasteiger partial charge in [0.25, 0.3) is 0 Å². The van der Waals surface area contributed by atoms with E-state index in [4.69, 9.17) is 23.8 Å². The number of thioether (sulfide) groups is 1. The van der Waals surface area contributed by atoms with Crippen LogP contribution in [0.3, 0.4) is 0 Å². The van der Waals surface area contributed by atoms with Crippen LogP contribution < -0.4 is 4.90 Å². The van der Waals surface area contributed by atoms with Crippen LogP contribution in [0.4, 0.5) is 5.69 Å². The predicted molar refractivity (Wildman–Crippen MR) is 94.8 cm³/mol. The van der Waals surface area contributed by atoms with Crippen LogP contribution in [0.5, 0.6) is 0 Å². The van der Waals surface area contributed by atoms with E-state index in [0.717, 1.165) is 26.9 Å². The minimum atomic E-state index is -4.20. The molecule has 0 radical (unpaired) electrons. The van der Waals surface area contributed by atoms with Gasteiger partial charge in [0.05, 0.1) is 20.8 Å². The zero-order chi connectivity index (χ0) is 16.3. The zero-order valence-corrected chi connectivity index (χ0v) is 15.1. The van der Waals surface area contributed by atoms with Crippen molar-refractivity contribution in [1.82, 2.24) is 0 Å². The molecule has 0 aliphatic carbocycles. The van der Waals surface area contributed by atoms with E-state index >= 15 is 0 Å². The molecule has 0 unspecified atom stereocenters. The maximum absolute atomic E-state index is 10.8. The van der Waals surface area contributed by atoms with Crippen LogP contribution in [-0.4, -0.2) is 30.1 Å². The molecule has 0 saturated heterocycles. The van der Waals surface area contributed by atoms with Crippen molar-refractivity contribution in [2.24, 2.45) is 0 Å². The predicted octanol–water partition coefficient (Wildman–Crippen LogP) is 3.81. The van der Waals surface area contributed by atoms with Crippen molar-refractivity contribution in [3.05, 3.63) is 34.3 Å². The van der Waals surface area contributed by atoms with E-state index in [9.17, 15) is 13.0 Å². The second-order valence-corrected chi connectivity index (χ2v) is 8.33. The summed E-state index contributed by atoms with van der Waals surface area (Å²) in [5, 5.41) is 1.55. The Morgan fingerprint density at radius 3 is 2.86 bits per heavy atom. The smallest absolute Gasteiger partial charge is 0.0946 e. The van der Waals surface area contributed by atoms with E-state index in [1.165, 1.54) is 0 Å². The zero-order valence-electron chi connectivity index (χ0n) is 11.9. The first kappa shape index (κ1) is 17.7. The largest absolute Gasteiger partial charge is 0.748 e. The van der Waals surface area contributed by atoms with Gasteiger partial charge >= 0.3 is 0 Å². The quantitative estimate of drug-likeness (QED) is 0.427. The van der Waals surface area contributed by atoms with Crippen LogP contribution in [0.25, 0.3) is 0 Å². The number of fused-ring (bicyclic) bond motifs is 1. The molecular formula is C14H15ClNO3S3-. The van der Waals surface area contributed by atoms with Crippen LogP contribution in [0, 0.1) is 0 Å². The number of thiocarbonyl (C=S) groups is 1. The molecule has 0 bridgehead atoms. The lowest BCUT2D eigenvalue weighted by atomic mass is 10.2. The summed E-state index contributed by atoms with van der Waals surface area (Å²) < 4.78 is 32.3. The van der Waals surface area contributed by atoms with Crippen LogP contribution in [0.2, 0.25) is 5.02 Å². The van der Waals surface area contributed by atoms with Crippen molar-refractivity contribution in [3.8, 4) is 0 Å². The second kappa shape index (κ2) is 7.31. The fraction of sp³-hybridized carbons (Fsp3) is 0.357. The summed E-state index contributed by atoms with van der Waals surface area (Å²) in [6, 6.07) is 5.58. The van der Waals surface area contributed by atoms with E-state index in [2.05, 4.69) is 0 Å². The highest BCUT2D eigenvalue weighted by Crippen LogP contribution is 2.47. The van der Waals surface area contributed by atoms with Crippen molar-refractivity contribution in [3.63, 3.8) is 0 Å². The summed E-state index contributed by atoms with van der Waals surface area (Å²) in [5.41, 5.74) is 0.922. The third-order valence-corrected chi connectivity index (χ3v) is 5.64. The average molecular weight is 377 g/mol. The normalized spacial score (nSPS) is 16.1. The molecule has 0 saturated carbocycles. The number of rotatable bonds is 6. The molecule has 0 atom stereocenters. The lowest BCUT2D eigenvalue weighted by Crippen LogP contribution is -2.22. The Morgan fingerprint density at radius 1 is 1.50 bits per heavy atom. The van der Waals surface area contributed by atoms with Gasteiger partial charge in [0, 0.05) is 27.1 Å². The maximum atomic E-state index is 10.8. The first-order valence-corrected chi connectivity index (χ1v) is 9.91. The van der Waals surface area contributed by atoms with Gasteiger partial charge in [0.15, 0.2) is 0 Å². The summed E-state index contributed by atoms with van der Waals surface area (Å²) in [5.74, 6) is -0.379. The highest BCUT2D eigenvalue weighted by Gasteiger charge is 2.25. The monoisotopic (exact) mass is 376 g/mol. The van der Waals surface area contributed by atoms with Crippen LogP contribution in [0.15, 0.2) is 34.2 Å². The molecule has 1 aromatic carbocycles. The van der Waals surface area contributed by atoms with Gasteiger partial charge in [-0.05, 0) is 37.1 Å². The molecule has 0 N–H and O–H groups in total. The third-order valence-electron chi connectivity index (χ3n) is 3.10. The number of halogens is 1. The summed E-state index contributed by atoms with van der Waals surface area (Å²) in [4.78, 5) is 3.83. The molecule has 4 nitrogen and oxygen atoms in total. The van der Waals surface area contributed by atoms with Crippen LogP contribution >= 0.6 is 35.6 Å². The van der Waals surface area contributed by atoms with Gasteiger partial charge in [0.1, 0.15) is 0 Å². The number of benzene rings is 1. The molecule has 0 spiro atoms. The first-order chi connectivity index (χ1) is 10.3. The van der Waals surface area contributed by atoms with Gasteiger partial charge in [-0.15, -0.1) is 0 Å². The van der Waals surface area contributed by atoms with Crippen molar-refractivity contribution < 1.29 is 13.0 Å². The van der Waals surface area contributed by atoms with Gasteiger partial charge in [-0.3, -0.25) is 0 Å². The first-order valence-electron chi connectivity index (χ1n) is 6.73. The van der Waals surface area contributed by atoms with E-state index in [0.29, 0.717) is 11.6 Å². The molecule has 22 heavy (non-hydrogen) atoms. The molecule has 1 aliphatic rings. The molecule has 0 amide bonds. The molecular weight excluding hydrogens is 362 g/mol. The Morgan fingerprint density at radius 2 is 2.23 bits per heavy atom. The van der Waals surface area contributed by atoms with E-state index in [1.54, 1.807) is 11.8 Å². The SMILES string of the molecule is CCC(=S)C=C1Sc2ccc(Cl)cc2N1CCCS(=O)(=O)[O-]. The van der Waals surface area contributed by atoms with Crippen molar-refractivity contribution in [2.75, 3.05) is 17.2 Å². The standard InChI is InChI=1S/C14H16ClNO3S3/c1-2-11(20)9-14-16(6-3-7-22(17,18)19)12-8-10(15)4-5-13(12)21-14/h4-5,8-9H,2-3,6-7H2,1H3,(H,17,18,19)/p-1. The number of hydrogen-bond donors (Lipinski definition) is 0. The molecule has 0 aromatic heterocycles. The maximum Gasteiger partial charge on any atom is 0.0946 e. The Kier molecular flexibility index (Phi) is 5.90. The molecule has 1 heterocycles. The Hall–Kier alpha value is -0.600. The molecule has 1 aromatic rings. The van der Waals surface area contributed by atoms with Crippen molar-refractivity contribution in [2.45, 2.75) is 24.7 Å². The van der Waals surface area contributed by atoms with E-state index < -0.39 is 10.1 Å². The number of hydrogen-bond acceptors (Lipinski definition) is 6. The number of allylic oxidation sites excluding steroid dienone is 1. The summed E-state index contributed by atoms with van der Waals surface area (Å²) in [7, 11) is -4.20. The van der Waals surface area contributed by atoms with Gasteiger partial charge in [0.2, 0.25) is 0 Å². The highest BCUT2D eigenvalue weighted by atomic mass is 35.5. The summed E-state index contributed by atoms with van der Waals surface area (Å²) in [6.07, 6.45) is 2.94. The van der Waals surface area contributed by atoms with E-state index in [1.807, 2.05) is 36.1 Å². The third kappa shape index (κ3) is 4.70. The van der Waals surface area contributed by atoms with Crippen molar-refractivity contribution in [1.29, 1.82) is 0 Å². The Bertz CT molecular complexity index is 716. The topological polar surface area (TPSA) is 60.4 Å². The number of anilines is 1. The average Bonchev–Trinajstić information content (AvgIpc) is 2.75. The van der Waals surface area contributed by atoms with Gasteiger partial charge in [-0.1, -0.05) is 42.5 Å². The summed E-state index contributed by atoms with van der Waals surface area (Å²) >= 11 is 12.9. The minimum absolute atomic E-state index is 0.259. The Balaban J connectivity index is 2.25. The molecule has 120 valence electrons. The van der Waals surface area contributed by atoms with Gasteiger partial charge in [-0.2, -0.15) is 0 Å². The summed E-state index contributed by atoms with van der Waals surface area (Å²) in [6.45, 7) is 2.41. The molecule has 2 rings (SSSR count). The lowest BCUT2D eigenvalue weighted by Gasteiger charge is -2.21. The number of nitrogens with zero attached hydrogens (tertiary/aromatic N) is 1. The fourth-order valence-electron chi connectivity index (χ4n) is 2.05. The highest BCUT2D eigenvalue weighted by molar-refractivity contribution is 8.03. The van der Waals surface area contributed by atoms with Gasteiger partial charge < -0.3 is 9.45 Å². The molecule has 0 fully saturated rings.